The Kier molecular flexibility index (Phi) is 18.3. The normalized spacial score (nSPS) is 14.8. The van der Waals surface area contributed by atoms with Gasteiger partial charge in [-0.25, -0.2) is 0 Å². The zero-order chi connectivity index (χ0) is 24.5. The summed E-state index contributed by atoms with van der Waals surface area (Å²) in [6, 6.07) is -0.228. The summed E-state index contributed by atoms with van der Waals surface area (Å²) in [6.07, 6.45) is 4.46. The highest BCUT2D eigenvalue weighted by atomic mass is 28.4. The van der Waals surface area contributed by atoms with Gasteiger partial charge < -0.3 is 48.5 Å². The van der Waals surface area contributed by atoms with E-state index in [1.807, 2.05) is 4.90 Å². The first-order valence-corrected chi connectivity index (χ1v) is 15.6. The first-order valence-electron chi connectivity index (χ1n) is 11.5. The van der Waals surface area contributed by atoms with Gasteiger partial charge in [-0.15, -0.1) is 0 Å². The Balaban J connectivity index is 4.28. The van der Waals surface area contributed by atoms with Crippen molar-refractivity contribution in [3.8, 4) is 0 Å². The smallest absolute Gasteiger partial charge is 0.390 e. The van der Waals surface area contributed by atoms with Crippen LogP contribution in [0, 0.1) is 0 Å². The summed E-state index contributed by atoms with van der Waals surface area (Å²) in [6.45, 7) is 3.97. The quantitative estimate of drug-likeness (QED) is 0.0644. The number of ether oxygens (including phenoxy) is 2. The van der Waals surface area contributed by atoms with Crippen molar-refractivity contribution in [2.45, 2.75) is 76.2 Å². The lowest BCUT2D eigenvalue weighted by Crippen LogP contribution is -2.41. The molecule has 13 heteroatoms. The van der Waals surface area contributed by atoms with E-state index in [0.29, 0.717) is 19.6 Å². The van der Waals surface area contributed by atoms with Gasteiger partial charge in [-0.3, -0.25) is 4.90 Å². The van der Waals surface area contributed by atoms with E-state index in [1.165, 1.54) is 6.42 Å². The highest BCUT2D eigenvalue weighted by Crippen LogP contribution is 2.07. The number of rotatable bonds is 22. The van der Waals surface area contributed by atoms with Crippen LogP contribution in [0.3, 0.4) is 0 Å². The zero-order valence-corrected chi connectivity index (χ0v) is 21.3. The number of nitrogens with zero attached hydrogens (tertiary/aromatic N) is 1. The Morgan fingerprint density at radius 1 is 0.656 bits per heavy atom. The Morgan fingerprint density at radius 2 is 1.09 bits per heavy atom. The second kappa shape index (κ2) is 18.3. The van der Waals surface area contributed by atoms with E-state index in [-0.39, 0.29) is 51.4 Å². The van der Waals surface area contributed by atoms with Crippen molar-refractivity contribution in [1.82, 2.24) is 4.90 Å². The summed E-state index contributed by atoms with van der Waals surface area (Å²) in [4.78, 5) is 55.7. The van der Waals surface area contributed by atoms with Gasteiger partial charge in [-0.1, -0.05) is 32.6 Å². The van der Waals surface area contributed by atoms with Crippen molar-refractivity contribution in [1.29, 1.82) is 0 Å². The molecule has 0 amide bonds. The molecule has 0 heterocycles. The molecule has 194 valence electrons. The van der Waals surface area contributed by atoms with Crippen molar-refractivity contribution in [2.24, 2.45) is 0 Å². The van der Waals surface area contributed by atoms with Crippen LogP contribution < -0.4 is 0 Å². The number of aliphatic hydroxyl groups is 2. The van der Waals surface area contributed by atoms with Gasteiger partial charge in [-0.05, 0) is 25.8 Å². The van der Waals surface area contributed by atoms with Crippen LogP contribution in [0.2, 0.25) is 12.1 Å². The molecule has 2 atom stereocenters. The van der Waals surface area contributed by atoms with Gasteiger partial charge in [0.25, 0.3) is 0 Å². The van der Waals surface area contributed by atoms with Crippen LogP contribution in [-0.4, -0.2) is 120 Å². The molecule has 0 fully saturated rings. The van der Waals surface area contributed by atoms with Crippen molar-refractivity contribution >= 4 is 17.6 Å². The van der Waals surface area contributed by atoms with Gasteiger partial charge in [0.2, 0.25) is 0 Å². The van der Waals surface area contributed by atoms with Gasteiger partial charge in [0, 0.05) is 38.4 Å². The second-order valence-electron chi connectivity index (χ2n) is 8.39. The van der Waals surface area contributed by atoms with Crippen molar-refractivity contribution < 1.29 is 48.5 Å². The maximum Gasteiger partial charge on any atom is 0.492 e. The second-order valence-corrected chi connectivity index (χ2v) is 12.5. The minimum Gasteiger partial charge on any atom is -0.390 e. The summed E-state index contributed by atoms with van der Waals surface area (Å²) in [7, 11) is -8.11. The molecular weight excluding hydrogens is 458 g/mol. The van der Waals surface area contributed by atoms with E-state index < -0.39 is 29.8 Å². The Morgan fingerprint density at radius 3 is 1.50 bits per heavy atom. The molecule has 11 nitrogen and oxygen atoms in total. The summed E-state index contributed by atoms with van der Waals surface area (Å²) in [5, 5.41) is 20.5. The Hall–Kier alpha value is -0.00623. The van der Waals surface area contributed by atoms with Crippen LogP contribution in [0.25, 0.3) is 0 Å². The summed E-state index contributed by atoms with van der Waals surface area (Å²) in [5.41, 5.74) is 0. The average molecular weight is 504 g/mol. The van der Waals surface area contributed by atoms with Gasteiger partial charge in [0.15, 0.2) is 0 Å². The number of aliphatic hydroxyl groups excluding tert-OH is 2. The molecular formula is C19H45NO10Si2. The fourth-order valence-corrected chi connectivity index (χ4v) is 4.40. The monoisotopic (exact) mass is 503 g/mol. The van der Waals surface area contributed by atoms with E-state index in [4.69, 9.17) is 38.2 Å². The summed E-state index contributed by atoms with van der Waals surface area (Å²) >= 11 is 0. The minimum absolute atomic E-state index is 0.0604. The third-order valence-corrected chi connectivity index (χ3v) is 6.79. The molecule has 0 saturated heterocycles. The molecule has 32 heavy (non-hydrogen) atoms. The van der Waals surface area contributed by atoms with Crippen LogP contribution >= 0.6 is 0 Å². The zero-order valence-electron chi connectivity index (χ0n) is 19.3. The SMILES string of the molecule is CCCCCCCN(CC(O)COCCC[Si](O)(O)O)CC(O)COCCC[Si](O)(O)O. The molecule has 0 aliphatic rings. The maximum absolute atomic E-state index is 10.3. The van der Waals surface area contributed by atoms with Gasteiger partial charge >= 0.3 is 17.6 Å². The maximum atomic E-state index is 10.3. The first kappa shape index (κ1) is 32.0. The van der Waals surface area contributed by atoms with E-state index in [0.717, 1.165) is 25.7 Å². The molecule has 0 aromatic rings. The van der Waals surface area contributed by atoms with Gasteiger partial charge in [-0.2, -0.15) is 0 Å². The lowest BCUT2D eigenvalue weighted by Gasteiger charge is -2.27. The van der Waals surface area contributed by atoms with Crippen LogP contribution in [0.15, 0.2) is 0 Å². The summed E-state index contributed by atoms with van der Waals surface area (Å²) < 4.78 is 10.7. The molecule has 0 aromatic carbocycles. The molecule has 0 bridgehead atoms. The van der Waals surface area contributed by atoms with Gasteiger partial charge in [0.05, 0.1) is 25.4 Å². The molecule has 0 spiro atoms. The molecule has 0 rings (SSSR count). The average Bonchev–Trinajstić information content (AvgIpc) is 2.65. The third-order valence-electron chi connectivity index (χ3n) is 4.74. The van der Waals surface area contributed by atoms with E-state index in [1.54, 1.807) is 0 Å². The highest BCUT2D eigenvalue weighted by Gasteiger charge is 2.26. The first-order chi connectivity index (χ1) is 14.9. The number of unbranched alkanes of at least 4 members (excludes halogenated alkanes) is 4. The number of hydrogen-bond acceptors (Lipinski definition) is 11. The van der Waals surface area contributed by atoms with Crippen LogP contribution in [-0.2, 0) is 9.47 Å². The fourth-order valence-electron chi connectivity index (χ4n) is 3.16. The van der Waals surface area contributed by atoms with E-state index >= 15 is 0 Å². The summed E-state index contributed by atoms with van der Waals surface area (Å²) in [5.74, 6) is 0. The predicted molar refractivity (Wildman–Crippen MR) is 123 cm³/mol. The lowest BCUT2D eigenvalue weighted by atomic mass is 10.1. The van der Waals surface area contributed by atoms with Crippen LogP contribution in [0.5, 0.6) is 0 Å². The Labute approximate surface area is 193 Å². The minimum atomic E-state index is -4.06. The topological polar surface area (TPSA) is 184 Å². The van der Waals surface area contributed by atoms with Gasteiger partial charge in [0.1, 0.15) is 0 Å². The van der Waals surface area contributed by atoms with Crippen molar-refractivity contribution in [3.63, 3.8) is 0 Å². The molecule has 2 unspecified atom stereocenters. The Bertz CT molecular complexity index is 405. The molecule has 0 aliphatic carbocycles. The highest BCUT2D eigenvalue weighted by molar-refractivity contribution is 6.56. The van der Waals surface area contributed by atoms with E-state index in [2.05, 4.69) is 6.92 Å². The van der Waals surface area contributed by atoms with Crippen molar-refractivity contribution in [2.75, 3.05) is 46.1 Å². The molecule has 8 N–H and O–H groups in total. The molecule has 0 radical (unpaired) electrons. The third kappa shape index (κ3) is 23.2. The van der Waals surface area contributed by atoms with E-state index in [9.17, 15) is 10.2 Å². The van der Waals surface area contributed by atoms with Crippen LogP contribution in [0.4, 0.5) is 0 Å². The van der Waals surface area contributed by atoms with Crippen molar-refractivity contribution in [3.05, 3.63) is 0 Å². The number of hydrogen-bond donors (Lipinski definition) is 8. The molecule has 0 saturated carbocycles. The standard InChI is InChI=1S/C19H45NO10Si2/c1-2-3-4-5-6-9-20(14-18(21)16-29-10-7-12-31(23,24)25)15-19(22)17-30-11-8-13-32(26,27)28/h18-19,21-28H,2-17H2,1H3. The van der Waals surface area contributed by atoms with Crippen LogP contribution in [0.1, 0.15) is 51.9 Å². The predicted octanol–water partition coefficient (Wildman–Crippen LogP) is -1.37. The largest absolute Gasteiger partial charge is 0.492 e. The molecule has 0 aliphatic heterocycles. The fraction of sp³-hybridized carbons (Fsp3) is 1.00. The molecule has 0 aromatic heterocycles. The lowest BCUT2D eigenvalue weighted by molar-refractivity contribution is -0.0107.